The van der Waals surface area contributed by atoms with Crippen molar-refractivity contribution >= 4 is 154 Å². The Morgan fingerprint density at radius 2 is 0.375 bits per heavy atom. The molecular formula is C92H62N4. The lowest BCUT2D eigenvalue weighted by Crippen LogP contribution is -2.13. The van der Waals surface area contributed by atoms with Gasteiger partial charge in [-0.3, -0.25) is 0 Å². The smallest absolute Gasteiger partial charge is 0.0546 e. The van der Waals surface area contributed by atoms with Crippen LogP contribution in [0.3, 0.4) is 0 Å². The fourth-order valence-electron chi connectivity index (χ4n) is 14.7. The van der Waals surface area contributed by atoms with Crippen molar-refractivity contribution in [2.45, 2.75) is 0 Å². The van der Waals surface area contributed by atoms with Gasteiger partial charge < -0.3 is 19.6 Å². The van der Waals surface area contributed by atoms with Crippen LogP contribution in [0.15, 0.2) is 376 Å². The van der Waals surface area contributed by atoms with Crippen molar-refractivity contribution in [1.82, 2.24) is 0 Å². The number of rotatable bonds is 13. The van der Waals surface area contributed by atoms with Crippen molar-refractivity contribution in [2.24, 2.45) is 0 Å². The topological polar surface area (TPSA) is 13.0 Å². The summed E-state index contributed by atoms with van der Waals surface area (Å²) in [4.78, 5) is 9.68. The van der Waals surface area contributed by atoms with E-state index in [0.29, 0.717) is 0 Å². The second-order valence-corrected chi connectivity index (χ2v) is 24.9. The van der Waals surface area contributed by atoms with Crippen LogP contribution < -0.4 is 19.6 Å². The van der Waals surface area contributed by atoms with E-state index in [9.17, 15) is 0 Å². The molecule has 0 aliphatic rings. The molecule has 18 aromatic carbocycles. The van der Waals surface area contributed by atoms with Gasteiger partial charge in [0, 0.05) is 67.0 Å². The van der Waals surface area contributed by atoms with Gasteiger partial charge in [-0.25, -0.2) is 0 Å². The number of hydrogen-bond acceptors (Lipinski definition) is 4. The molecule has 4 heteroatoms. The van der Waals surface area contributed by atoms with E-state index in [4.69, 9.17) is 0 Å². The number of fused-ring (bicyclic) bond motifs is 10. The Balaban J connectivity index is 0.738. The zero-order chi connectivity index (χ0) is 63.5. The van der Waals surface area contributed by atoms with Crippen molar-refractivity contribution in [3.8, 4) is 11.1 Å². The molecule has 0 unspecified atom stereocenters. The second-order valence-electron chi connectivity index (χ2n) is 24.9. The Bertz CT molecular complexity index is 5600. The quantitative estimate of drug-likeness (QED) is 0.107. The minimum Gasteiger partial charge on any atom is -0.310 e. The lowest BCUT2D eigenvalue weighted by molar-refractivity contribution is 1.27. The zero-order valence-electron chi connectivity index (χ0n) is 52.6. The van der Waals surface area contributed by atoms with Crippen LogP contribution in [-0.2, 0) is 0 Å². The molecule has 0 spiro atoms. The van der Waals surface area contributed by atoms with Crippen molar-refractivity contribution < 1.29 is 0 Å². The van der Waals surface area contributed by atoms with E-state index in [1.165, 1.54) is 86.2 Å². The van der Waals surface area contributed by atoms with Crippen LogP contribution in [0, 0.1) is 0 Å². The highest BCUT2D eigenvalue weighted by Gasteiger charge is 2.24. The van der Waals surface area contributed by atoms with E-state index in [-0.39, 0.29) is 0 Å². The molecule has 0 atom stereocenters. The van der Waals surface area contributed by atoms with E-state index >= 15 is 0 Å². The summed E-state index contributed by atoms with van der Waals surface area (Å²) < 4.78 is 0. The van der Waals surface area contributed by atoms with Gasteiger partial charge in [0.1, 0.15) is 0 Å². The Labute approximate surface area is 557 Å². The molecule has 0 bridgehead atoms. The molecule has 18 rings (SSSR count). The predicted octanol–water partition coefficient (Wildman–Crippen LogP) is 26.5. The molecule has 450 valence electrons. The first-order valence-corrected chi connectivity index (χ1v) is 33.0. The van der Waals surface area contributed by atoms with Crippen molar-refractivity contribution in [1.29, 1.82) is 0 Å². The third-order valence-electron chi connectivity index (χ3n) is 19.3. The molecule has 0 aliphatic carbocycles. The van der Waals surface area contributed by atoms with E-state index in [1.54, 1.807) is 0 Å². The second kappa shape index (κ2) is 23.7. The molecule has 0 saturated carbocycles. The molecule has 18 aromatic rings. The first kappa shape index (κ1) is 56.0. The van der Waals surface area contributed by atoms with Gasteiger partial charge in [-0.1, -0.05) is 255 Å². The average molecular weight is 1220 g/mol. The molecule has 4 nitrogen and oxygen atoms in total. The standard InChI is InChI=1S/C92H62N4/c1-3-23-69-59-79(49-43-63(69)19-1)95(89-37-17-27-67-21-5-11-31-83(67)89)77-55-51-75(52-56-77)93(91-61-71-25-7-9-29-81(71)85-33-13-15-35-87(85)91)73-45-39-65(40-46-73)66-41-47-74(48-42-66)94(92-62-72-26-8-10-30-82(72)86-34-14-16-36-88(86)92)76-53-57-78(58-54-76)96(80-50-44-64-20-2-4-24-70(64)60-80)90-38-18-28-68-22-6-12-32-84(68)90/h1-62H. The van der Waals surface area contributed by atoms with Crippen LogP contribution in [0.5, 0.6) is 0 Å². The monoisotopic (exact) mass is 1220 g/mol. The van der Waals surface area contributed by atoms with Gasteiger partial charge in [-0.2, -0.15) is 0 Å². The normalized spacial score (nSPS) is 11.5. The van der Waals surface area contributed by atoms with E-state index in [1.807, 2.05) is 0 Å². The lowest BCUT2D eigenvalue weighted by Gasteiger charge is -2.30. The van der Waals surface area contributed by atoms with Crippen LogP contribution in [-0.4, -0.2) is 0 Å². The minimum atomic E-state index is 1.05. The fourth-order valence-corrected chi connectivity index (χ4v) is 14.7. The van der Waals surface area contributed by atoms with Crippen LogP contribution in [0.25, 0.3) is 97.3 Å². The number of hydrogen-bond donors (Lipinski definition) is 0. The lowest BCUT2D eigenvalue weighted by atomic mass is 9.98. The Morgan fingerprint density at radius 3 is 0.740 bits per heavy atom. The van der Waals surface area contributed by atoms with Crippen molar-refractivity contribution in [3.05, 3.63) is 376 Å². The summed E-state index contributed by atoms with van der Waals surface area (Å²) in [6.45, 7) is 0. The molecule has 0 amide bonds. The summed E-state index contributed by atoms with van der Waals surface area (Å²) in [5, 5.41) is 19.2. The number of anilines is 12. The highest BCUT2D eigenvalue weighted by atomic mass is 15.2. The van der Waals surface area contributed by atoms with E-state index in [2.05, 4.69) is 396 Å². The third kappa shape index (κ3) is 9.95. The summed E-state index contributed by atoms with van der Waals surface area (Å²) in [6.07, 6.45) is 0. The van der Waals surface area contributed by atoms with Crippen LogP contribution in [0.1, 0.15) is 0 Å². The number of benzene rings is 18. The Kier molecular flexibility index (Phi) is 13.8. The Hall–Kier alpha value is -12.8. The van der Waals surface area contributed by atoms with Crippen molar-refractivity contribution in [3.63, 3.8) is 0 Å². The highest BCUT2D eigenvalue weighted by Crippen LogP contribution is 2.48. The predicted molar refractivity (Wildman–Crippen MR) is 411 cm³/mol. The SMILES string of the molecule is c1ccc2cc(N(c3ccc(N(c4ccc(-c5ccc(N(c6ccc(N(c7ccc8ccccc8c7)c7cccc8ccccc78)cc6)c6cc7ccccc7c7ccccc67)cc5)cc4)c4cc5ccccc5c5ccccc45)cc3)c3cccc4ccccc34)ccc2c1. The van der Waals surface area contributed by atoms with Gasteiger partial charge in [0.2, 0.25) is 0 Å². The fraction of sp³-hybridized carbons (Fsp3) is 0. The third-order valence-corrected chi connectivity index (χ3v) is 19.3. The maximum absolute atomic E-state index is 2.43. The van der Waals surface area contributed by atoms with Gasteiger partial charge in [-0.05, 0) is 197 Å². The largest absolute Gasteiger partial charge is 0.310 e. The maximum atomic E-state index is 2.43. The average Bonchev–Trinajstić information content (AvgIpc) is 0.771. The summed E-state index contributed by atoms with van der Waals surface area (Å²) >= 11 is 0. The zero-order valence-corrected chi connectivity index (χ0v) is 52.6. The molecule has 0 radical (unpaired) electrons. The summed E-state index contributed by atoms with van der Waals surface area (Å²) in [5.41, 5.74) is 15.3. The maximum Gasteiger partial charge on any atom is 0.0546 e. The minimum absolute atomic E-state index is 1.05. The van der Waals surface area contributed by atoms with Crippen LogP contribution in [0.2, 0.25) is 0 Å². The van der Waals surface area contributed by atoms with Crippen LogP contribution >= 0.6 is 0 Å². The first-order valence-electron chi connectivity index (χ1n) is 33.0. The van der Waals surface area contributed by atoms with E-state index in [0.717, 1.165) is 79.4 Å². The molecule has 0 aromatic heterocycles. The van der Waals surface area contributed by atoms with Gasteiger partial charge in [0.05, 0.1) is 22.7 Å². The number of nitrogens with zero attached hydrogens (tertiary/aromatic N) is 4. The first-order chi connectivity index (χ1) is 47.6. The molecule has 0 N–H and O–H groups in total. The molecule has 0 aliphatic heterocycles. The molecule has 0 heterocycles. The summed E-state index contributed by atoms with van der Waals surface area (Å²) in [6, 6.07) is 138. The summed E-state index contributed by atoms with van der Waals surface area (Å²) in [5.74, 6) is 0. The van der Waals surface area contributed by atoms with Gasteiger partial charge in [0.15, 0.2) is 0 Å². The van der Waals surface area contributed by atoms with E-state index < -0.39 is 0 Å². The highest BCUT2D eigenvalue weighted by molar-refractivity contribution is 6.16. The molecule has 0 saturated heterocycles. The molecule has 96 heavy (non-hydrogen) atoms. The van der Waals surface area contributed by atoms with Crippen LogP contribution in [0.4, 0.5) is 68.2 Å². The van der Waals surface area contributed by atoms with Gasteiger partial charge in [-0.15, -0.1) is 0 Å². The van der Waals surface area contributed by atoms with Gasteiger partial charge in [0.25, 0.3) is 0 Å². The molecule has 0 fully saturated rings. The van der Waals surface area contributed by atoms with Crippen molar-refractivity contribution in [2.75, 3.05) is 19.6 Å². The van der Waals surface area contributed by atoms with Gasteiger partial charge >= 0.3 is 0 Å². The molecular weight excluding hydrogens is 1160 g/mol. The summed E-state index contributed by atoms with van der Waals surface area (Å²) in [7, 11) is 0. The Morgan fingerprint density at radius 1 is 0.125 bits per heavy atom.